The van der Waals surface area contributed by atoms with Gasteiger partial charge in [-0.3, -0.25) is 4.79 Å². The molecule has 102 valence electrons. The first-order valence-corrected chi connectivity index (χ1v) is 7.20. The highest BCUT2D eigenvalue weighted by molar-refractivity contribution is 5.96. The first kappa shape index (κ1) is 11.9. The second-order valence-electron chi connectivity index (χ2n) is 6.64. The van der Waals surface area contributed by atoms with Gasteiger partial charge < -0.3 is 0 Å². The van der Waals surface area contributed by atoms with Crippen LogP contribution in [0.2, 0.25) is 0 Å². The monoisotopic (exact) mass is 266 g/mol. The van der Waals surface area contributed by atoms with Crippen molar-refractivity contribution in [2.45, 2.75) is 33.1 Å². The summed E-state index contributed by atoms with van der Waals surface area (Å²) in [4.78, 5) is 12.6. The predicted octanol–water partition coefficient (Wildman–Crippen LogP) is 3.18. The summed E-state index contributed by atoms with van der Waals surface area (Å²) in [7, 11) is 0. The predicted molar refractivity (Wildman–Crippen MR) is 76.9 cm³/mol. The summed E-state index contributed by atoms with van der Waals surface area (Å²) in [6.07, 6.45) is 0.992. The Labute approximate surface area is 118 Å². The van der Waals surface area contributed by atoms with Crippen LogP contribution in [-0.2, 0) is 6.42 Å². The number of hydrogen-bond donors (Lipinski definition) is 0. The number of fused-ring (bicyclic) bond motifs is 3. The van der Waals surface area contributed by atoms with E-state index in [1.165, 1.54) is 5.56 Å². The van der Waals surface area contributed by atoms with Gasteiger partial charge in [-0.2, -0.15) is 5.10 Å². The van der Waals surface area contributed by atoms with Crippen molar-refractivity contribution >= 4 is 5.91 Å². The summed E-state index contributed by atoms with van der Waals surface area (Å²) >= 11 is 0. The van der Waals surface area contributed by atoms with E-state index in [9.17, 15) is 4.79 Å². The normalized spacial score (nSPS) is 25.1. The lowest BCUT2D eigenvalue weighted by molar-refractivity contribution is 0.0941. The van der Waals surface area contributed by atoms with Crippen molar-refractivity contribution in [2.75, 3.05) is 0 Å². The Balaban J connectivity index is 1.78. The van der Waals surface area contributed by atoms with E-state index < -0.39 is 0 Å². The summed E-state index contributed by atoms with van der Waals surface area (Å²) in [5.74, 6) is 1.30. The van der Waals surface area contributed by atoms with Gasteiger partial charge in [-0.25, -0.2) is 4.68 Å². The molecular weight excluding hydrogens is 248 g/mol. The standard InChI is InChI=1S/C17H18N2O/c1-10-14-13(9-12-15(14)17(12,2)3)19(18-10)16(20)11-7-5-4-6-8-11/h4-8,12,15H,9H2,1-3H3/t12-,15+/m1/s1. The maximum Gasteiger partial charge on any atom is 0.278 e. The maximum absolute atomic E-state index is 12.6. The van der Waals surface area contributed by atoms with Gasteiger partial charge in [-0.05, 0) is 42.7 Å². The Hall–Kier alpha value is -1.90. The lowest BCUT2D eigenvalue weighted by Gasteiger charge is -2.10. The molecule has 2 atom stereocenters. The number of benzene rings is 1. The Morgan fingerprint density at radius 1 is 1.30 bits per heavy atom. The van der Waals surface area contributed by atoms with Crippen molar-refractivity contribution < 1.29 is 4.79 Å². The van der Waals surface area contributed by atoms with Crippen LogP contribution in [0.5, 0.6) is 0 Å². The molecule has 2 aliphatic rings. The number of aromatic nitrogens is 2. The fourth-order valence-corrected chi connectivity index (χ4v) is 3.97. The van der Waals surface area contributed by atoms with Gasteiger partial charge in [0.25, 0.3) is 5.91 Å². The molecule has 4 rings (SSSR count). The van der Waals surface area contributed by atoms with Crippen molar-refractivity contribution in [1.29, 1.82) is 0 Å². The van der Waals surface area contributed by atoms with Crippen LogP contribution in [0.3, 0.4) is 0 Å². The van der Waals surface area contributed by atoms with Gasteiger partial charge >= 0.3 is 0 Å². The number of aryl methyl sites for hydroxylation is 1. The number of hydrogen-bond acceptors (Lipinski definition) is 2. The molecule has 0 amide bonds. The minimum atomic E-state index is -0.00550. The van der Waals surface area contributed by atoms with E-state index in [1.807, 2.05) is 37.3 Å². The molecule has 1 fully saturated rings. The van der Waals surface area contributed by atoms with Gasteiger partial charge in [0, 0.05) is 11.1 Å². The molecule has 1 heterocycles. The average Bonchev–Trinajstić information content (AvgIpc) is 2.82. The average molecular weight is 266 g/mol. The zero-order valence-electron chi connectivity index (χ0n) is 12.1. The van der Waals surface area contributed by atoms with Crippen LogP contribution >= 0.6 is 0 Å². The van der Waals surface area contributed by atoms with E-state index in [1.54, 1.807) is 4.68 Å². The molecule has 2 aliphatic carbocycles. The minimum Gasteiger partial charge on any atom is -0.267 e. The molecule has 1 aromatic heterocycles. The van der Waals surface area contributed by atoms with Gasteiger partial charge in [0.2, 0.25) is 0 Å². The Kier molecular flexibility index (Phi) is 2.14. The van der Waals surface area contributed by atoms with Gasteiger partial charge in [-0.15, -0.1) is 0 Å². The molecule has 0 radical (unpaired) electrons. The van der Waals surface area contributed by atoms with Crippen molar-refractivity contribution in [3.63, 3.8) is 0 Å². The number of rotatable bonds is 1. The molecule has 3 nitrogen and oxygen atoms in total. The Morgan fingerprint density at radius 3 is 2.70 bits per heavy atom. The van der Waals surface area contributed by atoms with Crippen molar-refractivity contribution in [1.82, 2.24) is 9.78 Å². The van der Waals surface area contributed by atoms with Crippen LogP contribution in [0.4, 0.5) is 0 Å². The van der Waals surface area contributed by atoms with Gasteiger partial charge in [-0.1, -0.05) is 32.0 Å². The SMILES string of the molecule is Cc1nn(C(=O)c2ccccc2)c2c1[C@@H]1[C@@H](C2)C1(C)C. The minimum absolute atomic E-state index is 0.00550. The molecule has 1 aromatic carbocycles. The molecule has 3 heteroatoms. The summed E-state index contributed by atoms with van der Waals surface area (Å²) in [5, 5.41) is 4.52. The quantitative estimate of drug-likeness (QED) is 0.794. The van der Waals surface area contributed by atoms with Crippen molar-refractivity contribution in [3.05, 3.63) is 52.8 Å². The Morgan fingerprint density at radius 2 is 2.00 bits per heavy atom. The summed E-state index contributed by atoms with van der Waals surface area (Å²) in [5.41, 5.74) is 4.61. The number of carbonyl (C=O) groups is 1. The maximum atomic E-state index is 12.6. The van der Waals surface area contributed by atoms with Gasteiger partial charge in [0.15, 0.2) is 0 Å². The third-order valence-electron chi connectivity index (χ3n) is 5.19. The Bertz CT molecular complexity index is 712. The van der Waals surface area contributed by atoms with E-state index in [-0.39, 0.29) is 5.91 Å². The molecular formula is C17H18N2O. The zero-order valence-corrected chi connectivity index (χ0v) is 12.1. The molecule has 0 spiro atoms. The third kappa shape index (κ3) is 1.35. The molecule has 0 unspecified atom stereocenters. The van der Waals surface area contributed by atoms with E-state index >= 15 is 0 Å². The second-order valence-corrected chi connectivity index (χ2v) is 6.64. The van der Waals surface area contributed by atoms with Gasteiger partial charge in [0.05, 0.1) is 11.4 Å². The molecule has 1 saturated carbocycles. The van der Waals surface area contributed by atoms with Crippen molar-refractivity contribution in [3.8, 4) is 0 Å². The van der Waals surface area contributed by atoms with Crippen molar-refractivity contribution in [2.24, 2.45) is 11.3 Å². The smallest absolute Gasteiger partial charge is 0.267 e. The fourth-order valence-electron chi connectivity index (χ4n) is 3.97. The van der Waals surface area contributed by atoms with E-state index in [0.29, 0.717) is 22.8 Å². The third-order valence-corrected chi connectivity index (χ3v) is 5.19. The second kappa shape index (κ2) is 3.60. The molecule has 2 aromatic rings. The fraction of sp³-hybridized carbons (Fsp3) is 0.412. The summed E-state index contributed by atoms with van der Waals surface area (Å²) in [6.45, 7) is 6.67. The van der Waals surface area contributed by atoms with Crippen LogP contribution in [0.25, 0.3) is 0 Å². The molecule has 0 N–H and O–H groups in total. The van der Waals surface area contributed by atoms with E-state index in [4.69, 9.17) is 0 Å². The van der Waals surface area contributed by atoms with Crippen LogP contribution in [-0.4, -0.2) is 15.7 Å². The molecule has 0 saturated heterocycles. The van der Waals surface area contributed by atoms with Crippen LogP contribution in [0.1, 0.15) is 47.1 Å². The highest BCUT2D eigenvalue weighted by Gasteiger charge is 2.64. The topological polar surface area (TPSA) is 34.9 Å². The number of carbonyl (C=O) groups excluding carboxylic acids is 1. The lowest BCUT2D eigenvalue weighted by Crippen LogP contribution is -2.17. The van der Waals surface area contributed by atoms with Gasteiger partial charge in [0.1, 0.15) is 0 Å². The van der Waals surface area contributed by atoms with Crippen LogP contribution < -0.4 is 0 Å². The van der Waals surface area contributed by atoms with E-state index in [0.717, 1.165) is 17.8 Å². The molecule has 0 aliphatic heterocycles. The van der Waals surface area contributed by atoms with E-state index in [2.05, 4.69) is 18.9 Å². The first-order valence-electron chi connectivity index (χ1n) is 7.20. The lowest BCUT2D eigenvalue weighted by atomic mass is 9.98. The molecule has 0 bridgehead atoms. The molecule has 20 heavy (non-hydrogen) atoms. The highest BCUT2D eigenvalue weighted by Crippen LogP contribution is 2.70. The summed E-state index contributed by atoms with van der Waals surface area (Å²) in [6, 6.07) is 9.42. The zero-order chi connectivity index (χ0) is 14.1. The number of nitrogens with zero attached hydrogens (tertiary/aromatic N) is 2. The summed E-state index contributed by atoms with van der Waals surface area (Å²) < 4.78 is 1.64. The van der Waals surface area contributed by atoms with Crippen LogP contribution in [0, 0.1) is 18.3 Å². The highest BCUT2D eigenvalue weighted by atomic mass is 16.2. The first-order chi connectivity index (χ1) is 9.51. The van der Waals surface area contributed by atoms with Crippen LogP contribution in [0.15, 0.2) is 30.3 Å². The largest absolute Gasteiger partial charge is 0.278 e.